The molecule has 0 aliphatic carbocycles. The van der Waals surface area contributed by atoms with Crippen LogP contribution >= 0.6 is 0 Å². The van der Waals surface area contributed by atoms with Crippen molar-refractivity contribution in [2.75, 3.05) is 19.0 Å². The Morgan fingerprint density at radius 1 is 1.20 bits per heavy atom. The van der Waals surface area contributed by atoms with Crippen LogP contribution in [0, 0.1) is 5.82 Å². The number of halogens is 1. The predicted molar refractivity (Wildman–Crippen MR) is 108 cm³/mol. The molecule has 0 spiro atoms. The highest BCUT2D eigenvalue weighted by Gasteiger charge is 2.16. The van der Waals surface area contributed by atoms with Crippen molar-refractivity contribution in [2.24, 2.45) is 0 Å². The highest BCUT2D eigenvalue weighted by atomic mass is 19.1. The largest absolute Gasteiger partial charge is 0.481 e. The van der Waals surface area contributed by atoms with Crippen LogP contribution in [0.15, 0.2) is 42.9 Å². The smallest absolute Gasteiger partial charge is 0.218 e. The summed E-state index contributed by atoms with van der Waals surface area (Å²) in [6.07, 6.45) is 4.84. The average Bonchev–Trinajstić information content (AvgIpc) is 3.17. The molecule has 154 valence electrons. The first-order valence-corrected chi connectivity index (χ1v) is 9.33. The van der Waals surface area contributed by atoms with Gasteiger partial charge in [-0.3, -0.25) is 0 Å². The maximum Gasteiger partial charge on any atom is 0.218 e. The number of anilines is 1. The van der Waals surface area contributed by atoms with E-state index in [0.29, 0.717) is 40.8 Å². The molecule has 2 N–H and O–H groups in total. The number of hydrogen-bond acceptors (Lipinski definition) is 8. The Kier molecular flexibility index (Phi) is 5.48. The van der Waals surface area contributed by atoms with Gasteiger partial charge in [0.2, 0.25) is 5.88 Å². The Balaban J connectivity index is 1.66. The zero-order valence-electron chi connectivity index (χ0n) is 16.4. The number of rotatable bonds is 7. The van der Waals surface area contributed by atoms with Crippen molar-refractivity contribution < 1.29 is 14.2 Å². The van der Waals surface area contributed by atoms with Gasteiger partial charge in [-0.1, -0.05) is 0 Å². The molecule has 0 amide bonds. The van der Waals surface area contributed by atoms with Crippen LogP contribution in [0.1, 0.15) is 24.2 Å². The topological polar surface area (TPSA) is 110 Å². The number of methoxy groups -OCH3 is 1. The predicted octanol–water partition coefficient (Wildman–Crippen LogP) is 2.44. The summed E-state index contributed by atoms with van der Waals surface area (Å²) in [7, 11) is 1.49. The molecule has 0 saturated heterocycles. The number of aliphatic hydroxyl groups excluding tert-OH is 1. The lowest BCUT2D eigenvalue weighted by molar-refractivity contribution is 0.298. The number of aromatic nitrogens is 6. The van der Waals surface area contributed by atoms with E-state index in [0.717, 1.165) is 11.9 Å². The van der Waals surface area contributed by atoms with Gasteiger partial charge >= 0.3 is 0 Å². The first-order valence-electron chi connectivity index (χ1n) is 9.33. The first kappa shape index (κ1) is 19.6. The molecule has 0 fully saturated rings. The van der Waals surface area contributed by atoms with Crippen molar-refractivity contribution in [3.63, 3.8) is 0 Å². The lowest BCUT2D eigenvalue weighted by Gasteiger charge is -2.17. The summed E-state index contributed by atoms with van der Waals surface area (Å²) in [6.45, 7) is 1.87. The number of aliphatic hydroxyl groups is 1. The molecule has 0 aliphatic heterocycles. The lowest BCUT2D eigenvalue weighted by atomic mass is 10.1. The van der Waals surface area contributed by atoms with Gasteiger partial charge in [0.05, 0.1) is 25.5 Å². The summed E-state index contributed by atoms with van der Waals surface area (Å²) < 4.78 is 20.5. The first-order chi connectivity index (χ1) is 14.6. The van der Waals surface area contributed by atoms with Crippen molar-refractivity contribution in [1.82, 2.24) is 29.5 Å². The van der Waals surface area contributed by atoms with E-state index < -0.39 is 5.82 Å². The van der Waals surface area contributed by atoms with E-state index in [9.17, 15) is 4.39 Å². The fraction of sp³-hybridized carbons (Fsp3) is 0.250. The maximum absolute atomic E-state index is 13.7. The van der Waals surface area contributed by atoms with Gasteiger partial charge in [0.25, 0.3) is 0 Å². The molecular formula is C20H20FN7O2. The Labute approximate surface area is 171 Å². The molecular weight excluding hydrogens is 389 g/mol. The van der Waals surface area contributed by atoms with Gasteiger partial charge in [-0.15, -0.1) is 5.10 Å². The van der Waals surface area contributed by atoms with E-state index in [2.05, 4.69) is 30.4 Å². The summed E-state index contributed by atoms with van der Waals surface area (Å²) >= 11 is 0. The van der Waals surface area contributed by atoms with Gasteiger partial charge in [-0.2, -0.15) is 0 Å². The molecule has 30 heavy (non-hydrogen) atoms. The Bertz CT molecular complexity index is 1180. The number of nitrogens with one attached hydrogen (secondary N) is 1. The van der Waals surface area contributed by atoms with Crippen LogP contribution in [-0.4, -0.2) is 48.4 Å². The van der Waals surface area contributed by atoms with Gasteiger partial charge in [-0.05, 0) is 31.2 Å². The van der Waals surface area contributed by atoms with Gasteiger partial charge in [0.15, 0.2) is 11.5 Å². The third-order valence-electron chi connectivity index (χ3n) is 4.54. The minimum atomic E-state index is -0.445. The van der Waals surface area contributed by atoms with Crippen molar-refractivity contribution >= 4 is 11.5 Å². The SMILES string of the molecule is COc1ncc(F)cc1[C@@H](C)Nc1ccc2ncc(-c3nccc(CCO)n3)n2n1. The van der Waals surface area contributed by atoms with Crippen LogP contribution < -0.4 is 10.1 Å². The number of fused-ring (bicyclic) bond motifs is 1. The van der Waals surface area contributed by atoms with Crippen LogP contribution in [0.2, 0.25) is 0 Å². The molecule has 0 aromatic carbocycles. The Morgan fingerprint density at radius 2 is 2.07 bits per heavy atom. The van der Waals surface area contributed by atoms with Gasteiger partial charge in [0, 0.05) is 30.5 Å². The van der Waals surface area contributed by atoms with Crippen molar-refractivity contribution in [2.45, 2.75) is 19.4 Å². The van der Waals surface area contributed by atoms with E-state index in [1.54, 1.807) is 29.0 Å². The van der Waals surface area contributed by atoms with E-state index in [4.69, 9.17) is 9.84 Å². The van der Waals surface area contributed by atoms with Crippen molar-refractivity contribution in [1.29, 1.82) is 0 Å². The maximum atomic E-state index is 13.7. The molecule has 0 radical (unpaired) electrons. The molecule has 1 atom stereocenters. The third kappa shape index (κ3) is 3.90. The van der Waals surface area contributed by atoms with Crippen LogP contribution in [0.5, 0.6) is 5.88 Å². The molecule has 0 aliphatic rings. The summed E-state index contributed by atoms with van der Waals surface area (Å²) in [5.74, 6) is 0.906. The molecule has 4 aromatic rings. The van der Waals surface area contributed by atoms with E-state index in [1.165, 1.54) is 13.2 Å². The van der Waals surface area contributed by atoms with Crippen LogP contribution in [0.25, 0.3) is 17.2 Å². The monoisotopic (exact) mass is 409 g/mol. The fourth-order valence-electron chi connectivity index (χ4n) is 3.10. The number of imidazole rings is 1. The lowest BCUT2D eigenvalue weighted by Crippen LogP contribution is -2.12. The van der Waals surface area contributed by atoms with Crippen LogP contribution in [-0.2, 0) is 6.42 Å². The zero-order valence-corrected chi connectivity index (χ0v) is 16.4. The number of hydrogen-bond donors (Lipinski definition) is 2. The fourth-order valence-corrected chi connectivity index (χ4v) is 3.10. The van der Waals surface area contributed by atoms with E-state index >= 15 is 0 Å². The number of pyridine rings is 1. The minimum Gasteiger partial charge on any atom is -0.481 e. The zero-order chi connectivity index (χ0) is 21.1. The van der Waals surface area contributed by atoms with Gasteiger partial charge < -0.3 is 15.2 Å². The molecule has 0 unspecified atom stereocenters. The highest BCUT2D eigenvalue weighted by molar-refractivity contribution is 5.57. The average molecular weight is 409 g/mol. The van der Waals surface area contributed by atoms with Gasteiger partial charge in [0.1, 0.15) is 17.3 Å². The number of ether oxygens (including phenoxy) is 1. The normalized spacial score (nSPS) is 12.1. The van der Waals surface area contributed by atoms with E-state index in [-0.39, 0.29) is 12.6 Å². The van der Waals surface area contributed by atoms with Crippen molar-refractivity contribution in [3.8, 4) is 17.4 Å². The summed E-state index contributed by atoms with van der Waals surface area (Å²) in [5.41, 5.74) is 2.55. The molecule has 0 saturated carbocycles. The summed E-state index contributed by atoms with van der Waals surface area (Å²) in [6, 6.07) is 6.41. The molecule has 4 heterocycles. The molecule has 0 bridgehead atoms. The Morgan fingerprint density at radius 3 is 2.87 bits per heavy atom. The van der Waals surface area contributed by atoms with Crippen LogP contribution in [0.4, 0.5) is 10.2 Å². The van der Waals surface area contributed by atoms with E-state index in [1.807, 2.05) is 13.0 Å². The molecule has 4 aromatic heterocycles. The third-order valence-corrected chi connectivity index (χ3v) is 4.54. The minimum absolute atomic E-state index is 0.00616. The standard InChI is InChI=1S/C20H20FN7O2/c1-12(15-9-13(21)10-24-20(15)30-2)25-17-3-4-18-23-11-16(28(18)27-17)19-22-7-5-14(26-19)6-8-29/h3-5,7,9-12,29H,6,8H2,1-2H3,(H,25,27)/t12-/m1/s1. The molecule has 4 rings (SSSR count). The second kappa shape index (κ2) is 8.37. The summed E-state index contributed by atoms with van der Waals surface area (Å²) in [4.78, 5) is 17.1. The second-order valence-corrected chi connectivity index (χ2v) is 6.60. The number of nitrogens with zero attached hydrogens (tertiary/aromatic N) is 6. The quantitative estimate of drug-likeness (QED) is 0.479. The van der Waals surface area contributed by atoms with Crippen LogP contribution in [0.3, 0.4) is 0 Å². The molecule has 10 heteroatoms. The second-order valence-electron chi connectivity index (χ2n) is 6.60. The Hall–Kier alpha value is -3.66. The van der Waals surface area contributed by atoms with Crippen molar-refractivity contribution in [3.05, 3.63) is 59.9 Å². The van der Waals surface area contributed by atoms with Gasteiger partial charge in [-0.25, -0.2) is 28.8 Å². The highest BCUT2D eigenvalue weighted by Crippen LogP contribution is 2.26. The summed E-state index contributed by atoms with van der Waals surface area (Å²) in [5, 5.41) is 17.0. The molecule has 9 nitrogen and oxygen atoms in total.